The first kappa shape index (κ1) is 16.0. The number of nitrogens with zero attached hydrogens (tertiary/aromatic N) is 1. The number of phenols is 2. The van der Waals surface area contributed by atoms with E-state index in [9.17, 15) is 23.8 Å². The zero-order valence-corrected chi connectivity index (χ0v) is 11.5. The third-order valence-corrected chi connectivity index (χ3v) is 2.88. The molecule has 0 saturated carbocycles. The molecular weight excluding hydrogens is 306 g/mol. The molecule has 0 saturated heterocycles. The number of nitrogens with one attached hydrogen (secondary N) is 1. The summed E-state index contributed by atoms with van der Waals surface area (Å²) in [5.74, 6) is -3.75. The molecule has 23 heavy (non-hydrogen) atoms. The lowest BCUT2D eigenvalue weighted by atomic mass is 10.1. The fourth-order valence-electron chi connectivity index (χ4n) is 1.74. The van der Waals surface area contributed by atoms with Gasteiger partial charge in [-0.15, -0.1) is 0 Å². The van der Waals surface area contributed by atoms with E-state index in [0.717, 1.165) is 30.3 Å². The molecule has 0 aliphatic heterocycles. The van der Waals surface area contributed by atoms with Crippen LogP contribution in [-0.4, -0.2) is 16.1 Å². The van der Waals surface area contributed by atoms with Crippen molar-refractivity contribution in [2.75, 3.05) is 5.32 Å². The first-order valence-corrected chi connectivity index (χ1v) is 6.31. The van der Waals surface area contributed by atoms with Gasteiger partial charge in [0.05, 0.1) is 0 Å². The van der Waals surface area contributed by atoms with Crippen molar-refractivity contribution < 1.29 is 23.8 Å². The van der Waals surface area contributed by atoms with Crippen LogP contribution in [0.25, 0.3) is 6.08 Å². The minimum absolute atomic E-state index is 0.251. The first-order chi connectivity index (χ1) is 10.9. The Morgan fingerprint density at radius 3 is 2.35 bits per heavy atom. The molecule has 2 rings (SSSR count). The summed E-state index contributed by atoms with van der Waals surface area (Å²) in [7, 11) is 0. The van der Waals surface area contributed by atoms with Gasteiger partial charge in [0.1, 0.15) is 29.0 Å². The molecule has 3 N–H and O–H groups in total. The summed E-state index contributed by atoms with van der Waals surface area (Å²) in [5, 5.41) is 29.6. The zero-order chi connectivity index (χ0) is 17.0. The molecule has 0 radical (unpaired) electrons. The highest BCUT2D eigenvalue weighted by Crippen LogP contribution is 2.26. The largest absolute Gasteiger partial charge is 0.504 e. The van der Waals surface area contributed by atoms with Crippen LogP contribution in [0.3, 0.4) is 0 Å². The van der Waals surface area contributed by atoms with Gasteiger partial charge in [0.15, 0.2) is 11.5 Å². The molecule has 0 bridgehead atoms. The van der Waals surface area contributed by atoms with E-state index >= 15 is 0 Å². The van der Waals surface area contributed by atoms with Gasteiger partial charge in [-0.05, 0) is 35.9 Å². The van der Waals surface area contributed by atoms with Gasteiger partial charge in [0, 0.05) is 0 Å². The number of aromatic hydroxyl groups is 2. The van der Waals surface area contributed by atoms with Crippen molar-refractivity contribution in [1.82, 2.24) is 0 Å². The first-order valence-electron chi connectivity index (χ1n) is 6.31. The minimum atomic E-state index is -1.01. The maximum atomic E-state index is 13.5. The molecule has 7 heteroatoms. The Morgan fingerprint density at radius 1 is 1.13 bits per heavy atom. The van der Waals surface area contributed by atoms with E-state index < -0.39 is 34.6 Å². The lowest BCUT2D eigenvalue weighted by Gasteiger charge is -2.07. The zero-order valence-electron chi connectivity index (χ0n) is 11.5. The lowest BCUT2D eigenvalue weighted by Crippen LogP contribution is -2.15. The van der Waals surface area contributed by atoms with Crippen molar-refractivity contribution in [2.24, 2.45) is 0 Å². The van der Waals surface area contributed by atoms with Gasteiger partial charge < -0.3 is 15.5 Å². The van der Waals surface area contributed by atoms with E-state index in [1.54, 1.807) is 6.07 Å². The van der Waals surface area contributed by atoms with E-state index in [1.807, 2.05) is 5.32 Å². The molecular formula is C16H10F2N2O3. The number of anilines is 1. The van der Waals surface area contributed by atoms with Crippen LogP contribution in [0.15, 0.2) is 42.0 Å². The Hall–Kier alpha value is -3.40. The number of amides is 1. The van der Waals surface area contributed by atoms with Gasteiger partial charge in [-0.3, -0.25) is 4.79 Å². The predicted octanol–water partition coefficient (Wildman–Crippen LogP) is 2.92. The summed E-state index contributed by atoms with van der Waals surface area (Å²) >= 11 is 0. The third kappa shape index (κ3) is 3.63. The molecule has 5 nitrogen and oxygen atoms in total. The molecule has 0 aromatic heterocycles. The number of para-hydroxylation sites is 1. The Kier molecular flexibility index (Phi) is 4.57. The monoisotopic (exact) mass is 316 g/mol. The Bertz CT molecular complexity index is 821. The van der Waals surface area contributed by atoms with Crippen LogP contribution in [0.1, 0.15) is 5.56 Å². The maximum absolute atomic E-state index is 13.5. The van der Waals surface area contributed by atoms with Gasteiger partial charge in [-0.1, -0.05) is 12.1 Å². The summed E-state index contributed by atoms with van der Waals surface area (Å²) in [4.78, 5) is 12.0. The smallest absolute Gasteiger partial charge is 0.266 e. The number of nitriles is 1. The van der Waals surface area contributed by atoms with Crippen LogP contribution in [0, 0.1) is 23.0 Å². The van der Waals surface area contributed by atoms with E-state index in [2.05, 4.69) is 0 Å². The lowest BCUT2D eigenvalue weighted by molar-refractivity contribution is -0.112. The van der Waals surface area contributed by atoms with E-state index in [1.165, 1.54) is 12.1 Å². The Labute approximate surface area is 129 Å². The second-order valence-electron chi connectivity index (χ2n) is 4.47. The van der Waals surface area contributed by atoms with Crippen LogP contribution in [0.5, 0.6) is 11.5 Å². The number of benzene rings is 2. The number of rotatable bonds is 3. The molecule has 0 heterocycles. The second-order valence-corrected chi connectivity index (χ2v) is 4.47. The highest BCUT2D eigenvalue weighted by Gasteiger charge is 2.15. The topological polar surface area (TPSA) is 93.3 Å². The highest BCUT2D eigenvalue weighted by atomic mass is 19.1. The van der Waals surface area contributed by atoms with E-state index in [-0.39, 0.29) is 11.3 Å². The van der Waals surface area contributed by atoms with Crippen molar-refractivity contribution in [1.29, 1.82) is 5.26 Å². The number of hydrogen-bond donors (Lipinski definition) is 3. The molecule has 2 aromatic carbocycles. The molecule has 2 aromatic rings. The molecule has 116 valence electrons. The average molecular weight is 316 g/mol. The van der Waals surface area contributed by atoms with Crippen LogP contribution >= 0.6 is 0 Å². The summed E-state index contributed by atoms with van der Waals surface area (Å²) in [6.45, 7) is 0. The van der Waals surface area contributed by atoms with E-state index in [4.69, 9.17) is 5.26 Å². The molecule has 1 amide bonds. The normalized spacial score (nSPS) is 10.9. The summed E-state index contributed by atoms with van der Waals surface area (Å²) in [6.07, 6.45) is 1.10. The van der Waals surface area contributed by atoms with Gasteiger partial charge in [0.2, 0.25) is 0 Å². The summed E-state index contributed by atoms with van der Waals surface area (Å²) in [5.41, 5.74) is -0.842. The van der Waals surface area contributed by atoms with Crippen LogP contribution in [0.4, 0.5) is 14.5 Å². The molecule has 0 fully saturated rings. The molecule has 0 aliphatic carbocycles. The molecule has 0 atom stereocenters. The fraction of sp³-hybridized carbons (Fsp3) is 0. The summed E-state index contributed by atoms with van der Waals surface area (Å²) < 4.78 is 27.0. The predicted molar refractivity (Wildman–Crippen MR) is 78.3 cm³/mol. The van der Waals surface area contributed by atoms with Gasteiger partial charge >= 0.3 is 0 Å². The van der Waals surface area contributed by atoms with Gasteiger partial charge in [0.25, 0.3) is 5.91 Å². The third-order valence-electron chi connectivity index (χ3n) is 2.88. The Morgan fingerprint density at radius 2 is 1.78 bits per heavy atom. The fourth-order valence-corrected chi connectivity index (χ4v) is 1.74. The number of phenolic OH excluding ortho intramolecular Hbond substituents is 2. The van der Waals surface area contributed by atoms with Crippen molar-refractivity contribution in [3.63, 3.8) is 0 Å². The van der Waals surface area contributed by atoms with Crippen molar-refractivity contribution in [3.05, 3.63) is 59.2 Å². The van der Waals surface area contributed by atoms with Crippen LogP contribution in [-0.2, 0) is 4.79 Å². The maximum Gasteiger partial charge on any atom is 0.266 e. The van der Waals surface area contributed by atoms with Crippen molar-refractivity contribution >= 4 is 17.7 Å². The van der Waals surface area contributed by atoms with E-state index in [0.29, 0.717) is 0 Å². The number of carbonyl (C=O) groups excluding carboxylic acids is 1. The Balaban J connectivity index is 2.30. The van der Waals surface area contributed by atoms with Crippen LogP contribution < -0.4 is 5.32 Å². The second kappa shape index (κ2) is 6.58. The van der Waals surface area contributed by atoms with Crippen molar-refractivity contribution in [3.8, 4) is 17.6 Å². The molecule has 0 spiro atoms. The highest BCUT2D eigenvalue weighted by molar-refractivity contribution is 6.09. The summed E-state index contributed by atoms with van der Waals surface area (Å²) in [6, 6.07) is 8.32. The SMILES string of the molecule is N#C/C(=C\c1ccc(O)c(O)c1)C(=O)Nc1c(F)cccc1F. The number of halogens is 2. The standard InChI is InChI=1S/C16H10F2N2O3/c17-11-2-1-3-12(18)15(11)20-16(23)10(8-19)6-9-4-5-13(21)14(22)7-9/h1-7,21-22H,(H,20,23)/b10-6+. The minimum Gasteiger partial charge on any atom is -0.504 e. The van der Waals surface area contributed by atoms with Gasteiger partial charge in [-0.2, -0.15) is 5.26 Å². The van der Waals surface area contributed by atoms with Gasteiger partial charge in [-0.25, -0.2) is 8.78 Å². The number of carbonyl (C=O) groups is 1. The number of hydrogen-bond acceptors (Lipinski definition) is 4. The van der Waals surface area contributed by atoms with Crippen LogP contribution in [0.2, 0.25) is 0 Å². The molecule has 0 aliphatic rings. The quantitative estimate of drug-likeness (QED) is 0.461. The molecule has 0 unspecified atom stereocenters. The van der Waals surface area contributed by atoms with Crippen molar-refractivity contribution in [2.45, 2.75) is 0 Å². The average Bonchev–Trinajstić information content (AvgIpc) is 2.52.